The SMILES string of the molecule is COC(CC=CC(OC)C1C=C(C(OC)OC)CC1)OC. The van der Waals surface area contributed by atoms with Crippen molar-refractivity contribution in [1.29, 1.82) is 0 Å². The van der Waals surface area contributed by atoms with E-state index >= 15 is 0 Å². The molecule has 0 aromatic rings. The number of hydrogen-bond donors (Lipinski definition) is 0. The monoisotopic (exact) mass is 300 g/mol. The highest BCUT2D eigenvalue weighted by atomic mass is 16.7. The molecule has 2 unspecified atom stereocenters. The second-order valence-electron chi connectivity index (χ2n) is 5.01. The average Bonchev–Trinajstić information content (AvgIpc) is 2.98. The van der Waals surface area contributed by atoms with Gasteiger partial charge >= 0.3 is 0 Å². The molecule has 0 amide bonds. The Morgan fingerprint density at radius 1 is 1.05 bits per heavy atom. The standard InChI is InChI=1S/C16H28O5/c1-17-14(7-6-8-15(18-2)19-3)12-9-10-13(11-12)16(20-4)21-5/h6-7,11-12,14-16H,8-10H2,1-5H3. The molecule has 5 nitrogen and oxygen atoms in total. The highest BCUT2D eigenvalue weighted by Gasteiger charge is 2.26. The maximum Gasteiger partial charge on any atom is 0.179 e. The molecule has 0 saturated heterocycles. The first-order valence-electron chi connectivity index (χ1n) is 7.21. The van der Waals surface area contributed by atoms with Crippen LogP contribution in [0.2, 0.25) is 0 Å². The molecule has 0 spiro atoms. The van der Waals surface area contributed by atoms with Gasteiger partial charge in [-0.2, -0.15) is 0 Å². The molecule has 0 heterocycles. The highest BCUT2D eigenvalue weighted by molar-refractivity contribution is 5.17. The summed E-state index contributed by atoms with van der Waals surface area (Å²) in [6.07, 6.45) is 8.64. The van der Waals surface area contributed by atoms with Gasteiger partial charge < -0.3 is 23.7 Å². The molecule has 2 atom stereocenters. The lowest BCUT2D eigenvalue weighted by atomic mass is 10.0. The van der Waals surface area contributed by atoms with Gasteiger partial charge in [-0.25, -0.2) is 0 Å². The summed E-state index contributed by atoms with van der Waals surface area (Å²) in [4.78, 5) is 0. The fraction of sp³-hybridized carbons (Fsp3) is 0.750. The zero-order valence-corrected chi connectivity index (χ0v) is 13.7. The van der Waals surface area contributed by atoms with E-state index in [0.29, 0.717) is 12.3 Å². The molecular formula is C16H28O5. The van der Waals surface area contributed by atoms with Gasteiger partial charge in [0.2, 0.25) is 0 Å². The topological polar surface area (TPSA) is 46.2 Å². The Hall–Kier alpha value is -0.720. The summed E-state index contributed by atoms with van der Waals surface area (Å²) >= 11 is 0. The highest BCUT2D eigenvalue weighted by Crippen LogP contribution is 2.31. The van der Waals surface area contributed by atoms with Crippen LogP contribution in [0, 0.1) is 5.92 Å². The Morgan fingerprint density at radius 2 is 1.71 bits per heavy atom. The zero-order valence-electron chi connectivity index (χ0n) is 13.7. The smallest absolute Gasteiger partial charge is 0.179 e. The van der Waals surface area contributed by atoms with Crippen molar-refractivity contribution < 1.29 is 23.7 Å². The normalized spacial score (nSPS) is 20.7. The van der Waals surface area contributed by atoms with E-state index in [9.17, 15) is 0 Å². The average molecular weight is 300 g/mol. The van der Waals surface area contributed by atoms with Gasteiger partial charge in [0.15, 0.2) is 12.6 Å². The Balaban J connectivity index is 2.59. The maximum atomic E-state index is 5.58. The molecule has 0 bridgehead atoms. The Bertz CT molecular complexity index is 332. The molecular weight excluding hydrogens is 272 g/mol. The molecule has 0 saturated carbocycles. The zero-order chi connectivity index (χ0) is 15.7. The van der Waals surface area contributed by atoms with Gasteiger partial charge in [0.05, 0.1) is 6.10 Å². The van der Waals surface area contributed by atoms with E-state index in [4.69, 9.17) is 23.7 Å². The molecule has 1 aliphatic carbocycles. The van der Waals surface area contributed by atoms with Crippen LogP contribution in [0.5, 0.6) is 0 Å². The molecule has 0 aromatic carbocycles. The van der Waals surface area contributed by atoms with Crippen molar-refractivity contribution in [2.75, 3.05) is 35.5 Å². The molecule has 0 aliphatic heterocycles. The predicted molar refractivity (Wildman–Crippen MR) is 81.0 cm³/mol. The molecule has 0 radical (unpaired) electrons. The van der Waals surface area contributed by atoms with Crippen LogP contribution < -0.4 is 0 Å². The maximum absolute atomic E-state index is 5.58. The van der Waals surface area contributed by atoms with Gasteiger partial charge in [-0.15, -0.1) is 0 Å². The van der Waals surface area contributed by atoms with Crippen molar-refractivity contribution >= 4 is 0 Å². The summed E-state index contributed by atoms with van der Waals surface area (Å²) in [5, 5.41) is 0. The second kappa shape index (κ2) is 10.1. The lowest BCUT2D eigenvalue weighted by Crippen LogP contribution is -2.18. The van der Waals surface area contributed by atoms with E-state index in [0.717, 1.165) is 12.8 Å². The Labute approximate surface area is 127 Å². The number of hydrogen-bond acceptors (Lipinski definition) is 5. The first-order valence-corrected chi connectivity index (χ1v) is 7.21. The van der Waals surface area contributed by atoms with Gasteiger partial charge in [-0.3, -0.25) is 0 Å². The molecule has 5 heteroatoms. The van der Waals surface area contributed by atoms with Crippen LogP contribution >= 0.6 is 0 Å². The first kappa shape index (κ1) is 18.3. The number of methoxy groups -OCH3 is 5. The van der Waals surface area contributed by atoms with Crippen LogP contribution in [-0.2, 0) is 23.7 Å². The molecule has 0 fully saturated rings. The molecule has 21 heavy (non-hydrogen) atoms. The van der Waals surface area contributed by atoms with Gasteiger partial charge in [0.25, 0.3) is 0 Å². The fourth-order valence-corrected chi connectivity index (χ4v) is 2.64. The van der Waals surface area contributed by atoms with Crippen LogP contribution in [0.15, 0.2) is 23.8 Å². The summed E-state index contributed by atoms with van der Waals surface area (Å²) in [5.41, 5.74) is 1.19. The van der Waals surface area contributed by atoms with Gasteiger partial charge in [0.1, 0.15) is 0 Å². The molecule has 122 valence electrons. The van der Waals surface area contributed by atoms with E-state index < -0.39 is 0 Å². The number of ether oxygens (including phenoxy) is 5. The van der Waals surface area contributed by atoms with E-state index in [-0.39, 0.29) is 18.7 Å². The summed E-state index contributed by atoms with van der Waals surface area (Å²) in [6.45, 7) is 0. The third-order valence-electron chi connectivity index (χ3n) is 3.80. The summed E-state index contributed by atoms with van der Waals surface area (Å²) in [6, 6.07) is 0. The number of rotatable bonds is 10. The predicted octanol–water partition coefficient (Wildman–Crippen LogP) is 2.52. The van der Waals surface area contributed by atoms with Crippen molar-refractivity contribution in [3.63, 3.8) is 0 Å². The second-order valence-corrected chi connectivity index (χ2v) is 5.01. The fourth-order valence-electron chi connectivity index (χ4n) is 2.64. The quantitative estimate of drug-likeness (QED) is 0.458. The van der Waals surface area contributed by atoms with E-state index in [1.54, 1.807) is 35.5 Å². The van der Waals surface area contributed by atoms with Crippen molar-refractivity contribution in [2.24, 2.45) is 5.92 Å². The lowest BCUT2D eigenvalue weighted by Gasteiger charge is -2.17. The third kappa shape index (κ3) is 5.52. The van der Waals surface area contributed by atoms with Crippen molar-refractivity contribution in [3.8, 4) is 0 Å². The van der Waals surface area contributed by atoms with Crippen LogP contribution in [0.3, 0.4) is 0 Å². The summed E-state index contributed by atoms with van der Waals surface area (Å²) < 4.78 is 26.5. The van der Waals surface area contributed by atoms with Crippen LogP contribution in [0.1, 0.15) is 19.3 Å². The van der Waals surface area contributed by atoms with Crippen LogP contribution in [0.25, 0.3) is 0 Å². The van der Waals surface area contributed by atoms with E-state index in [1.165, 1.54) is 5.57 Å². The Kier molecular flexibility index (Phi) is 8.80. The Morgan fingerprint density at radius 3 is 2.24 bits per heavy atom. The van der Waals surface area contributed by atoms with Gasteiger partial charge in [-0.1, -0.05) is 18.2 Å². The van der Waals surface area contributed by atoms with Crippen molar-refractivity contribution in [1.82, 2.24) is 0 Å². The summed E-state index contributed by atoms with van der Waals surface area (Å²) in [5.74, 6) is 0.345. The minimum absolute atomic E-state index is 0.0474. The van der Waals surface area contributed by atoms with Gasteiger partial charge in [0, 0.05) is 47.9 Å². The third-order valence-corrected chi connectivity index (χ3v) is 3.80. The van der Waals surface area contributed by atoms with Crippen LogP contribution in [-0.4, -0.2) is 54.2 Å². The minimum Gasteiger partial charge on any atom is -0.377 e. The largest absolute Gasteiger partial charge is 0.377 e. The van der Waals surface area contributed by atoms with E-state index in [1.807, 2.05) is 6.08 Å². The molecule has 0 N–H and O–H groups in total. The van der Waals surface area contributed by atoms with Gasteiger partial charge in [-0.05, 0) is 18.4 Å². The first-order chi connectivity index (χ1) is 10.2. The molecule has 1 rings (SSSR count). The van der Waals surface area contributed by atoms with E-state index in [2.05, 4.69) is 12.2 Å². The minimum atomic E-state index is -0.247. The van der Waals surface area contributed by atoms with Crippen molar-refractivity contribution in [2.45, 2.75) is 37.9 Å². The molecule has 1 aliphatic rings. The molecule has 0 aromatic heterocycles. The lowest BCUT2D eigenvalue weighted by molar-refractivity contribution is -0.0987. The van der Waals surface area contributed by atoms with Crippen LogP contribution in [0.4, 0.5) is 0 Å². The van der Waals surface area contributed by atoms with Crippen molar-refractivity contribution in [3.05, 3.63) is 23.8 Å². The summed E-state index contributed by atoms with van der Waals surface area (Å²) in [7, 11) is 8.32.